The largest absolute Gasteiger partial charge is 0.382 e. The number of methoxy groups -OCH3 is 1. The quantitative estimate of drug-likeness (QED) is 0.238. The van der Waals surface area contributed by atoms with E-state index in [0.717, 1.165) is 25.7 Å². The van der Waals surface area contributed by atoms with E-state index in [1.807, 2.05) is 13.8 Å². The zero-order valence-corrected chi connectivity index (χ0v) is 14.6. The Bertz CT molecular complexity index is 207. The minimum atomic E-state index is 0. The fourth-order valence-corrected chi connectivity index (χ4v) is 1.19. The Morgan fingerprint density at radius 2 is 1.79 bits per heavy atom. The van der Waals surface area contributed by atoms with E-state index < -0.39 is 0 Å². The van der Waals surface area contributed by atoms with Crippen LogP contribution in [0, 0.1) is 0 Å². The van der Waals surface area contributed by atoms with Gasteiger partial charge in [0.25, 0.3) is 0 Å². The highest BCUT2D eigenvalue weighted by Crippen LogP contribution is 1.79. The predicted octanol–water partition coefficient (Wildman–Crippen LogP) is 0.859. The van der Waals surface area contributed by atoms with E-state index in [2.05, 4.69) is 15.6 Å². The molecule has 116 valence electrons. The molecule has 0 aromatic heterocycles. The zero-order valence-electron chi connectivity index (χ0n) is 12.2. The maximum atomic E-state index is 5.35. The third kappa shape index (κ3) is 15.8. The summed E-state index contributed by atoms with van der Waals surface area (Å²) < 4.78 is 15.5. The second kappa shape index (κ2) is 17.9. The summed E-state index contributed by atoms with van der Waals surface area (Å²) in [4.78, 5) is 4.37. The molecule has 0 aliphatic rings. The van der Waals surface area contributed by atoms with Crippen LogP contribution in [0.2, 0.25) is 0 Å². The van der Waals surface area contributed by atoms with Crippen LogP contribution in [0.4, 0.5) is 0 Å². The van der Waals surface area contributed by atoms with Crippen molar-refractivity contribution in [2.45, 2.75) is 13.8 Å². The van der Waals surface area contributed by atoms with Gasteiger partial charge >= 0.3 is 0 Å². The fraction of sp³-hybridized carbons (Fsp3) is 0.917. The molecule has 0 aromatic rings. The van der Waals surface area contributed by atoms with Gasteiger partial charge in [0.15, 0.2) is 5.96 Å². The molecule has 19 heavy (non-hydrogen) atoms. The Labute approximate surface area is 133 Å². The van der Waals surface area contributed by atoms with Gasteiger partial charge in [-0.1, -0.05) is 0 Å². The number of hydrogen-bond donors (Lipinski definition) is 2. The summed E-state index contributed by atoms with van der Waals surface area (Å²) in [6, 6.07) is 0. The van der Waals surface area contributed by atoms with E-state index in [1.165, 1.54) is 0 Å². The van der Waals surface area contributed by atoms with Gasteiger partial charge in [0.2, 0.25) is 0 Å². The minimum Gasteiger partial charge on any atom is -0.382 e. The van der Waals surface area contributed by atoms with E-state index in [9.17, 15) is 0 Å². The molecular weight excluding hydrogens is 361 g/mol. The first-order chi connectivity index (χ1) is 8.85. The van der Waals surface area contributed by atoms with Crippen molar-refractivity contribution in [2.24, 2.45) is 4.99 Å². The highest BCUT2D eigenvalue weighted by atomic mass is 127. The van der Waals surface area contributed by atoms with Crippen LogP contribution in [0.5, 0.6) is 0 Å². The van der Waals surface area contributed by atoms with Gasteiger partial charge < -0.3 is 24.8 Å². The lowest BCUT2D eigenvalue weighted by molar-refractivity contribution is 0.0733. The third-order valence-corrected chi connectivity index (χ3v) is 2.02. The summed E-state index contributed by atoms with van der Waals surface area (Å²) in [5, 5.41) is 6.36. The molecule has 0 aliphatic heterocycles. The van der Waals surface area contributed by atoms with Crippen LogP contribution >= 0.6 is 24.0 Å². The Morgan fingerprint density at radius 3 is 2.42 bits per heavy atom. The number of halogens is 1. The topological polar surface area (TPSA) is 64.1 Å². The van der Waals surface area contributed by atoms with Gasteiger partial charge in [-0.05, 0) is 13.8 Å². The fourth-order valence-electron chi connectivity index (χ4n) is 1.19. The molecule has 0 rings (SSSR count). The molecule has 0 saturated heterocycles. The lowest BCUT2D eigenvalue weighted by Crippen LogP contribution is -2.39. The molecule has 2 N–H and O–H groups in total. The van der Waals surface area contributed by atoms with E-state index in [0.29, 0.717) is 33.0 Å². The summed E-state index contributed by atoms with van der Waals surface area (Å²) in [6.45, 7) is 9.50. The van der Waals surface area contributed by atoms with Crippen molar-refractivity contribution in [3.8, 4) is 0 Å². The minimum absolute atomic E-state index is 0. The monoisotopic (exact) mass is 389 g/mol. The van der Waals surface area contributed by atoms with Gasteiger partial charge in [-0.25, -0.2) is 0 Å². The Balaban J connectivity index is 0. The Hall–Kier alpha value is -0.120. The van der Waals surface area contributed by atoms with Gasteiger partial charge in [-0.3, -0.25) is 4.99 Å². The van der Waals surface area contributed by atoms with Crippen molar-refractivity contribution in [2.75, 3.05) is 59.8 Å². The van der Waals surface area contributed by atoms with Crippen molar-refractivity contribution < 1.29 is 14.2 Å². The predicted molar refractivity (Wildman–Crippen MR) is 88.6 cm³/mol. The third-order valence-electron chi connectivity index (χ3n) is 2.02. The van der Waals surface area contributed by atoms with Crippen LogP contribution in [-0.4, -0.2) is 65.7 Å². The van der Waals surface area contributed by atoms with Gasteiger partial charge in [0, 0.05) is 26.8 Å². The summed E-state index contributed by atoms with van der Waals surface area (Å²) >= 11 is 0. The molecule has 0 aliphatic carbocycles. The molecule has 0 heterocycles. The number of ether oxygens (including phenoxy) is 3. The van der Waals surface area contributed by atoms with E-state index in [4.69, 9.17) is 14.2 Å². The summed E-state index contributed by atoms with van der Waals surface area (Å²) in [6.07, 6.45) is 0. The number of nitrogens with zero attached hydrogens (tertiary/aromatic N) is 1. The lowest BCUT2D eigenvalue weighted by atomic mass is 10.6. The first-order valence-corrected chi connectivity index (χ1v) is 6.51. The van der Waals surface area contributed by atoms with Crippen LogP contribution in [0.25, 0.3) is 0 Å². The summed E-state index contributed by atoms with van der Waals surface area (Å²) in [7, 11) is 1.66. The van der Waals surface area contributed by atoms with Crippen molar-refractivity contribution >= 4 is 29.9 Å². The molecule has 0 spiro atoms. The molecule has 0 aromatic carbocycles. The van der Waals surface area contributed by atoms with Crippen molar-refractivity contribution in [3.63, 3.8) is 0 Å². The van der Waals surface area contributed by atoms with E-state index in [-0.39, 0.29) is 24.0 Å². The molecule has 0 unspecified atom stereocenters. The number of aliphatic imine (C=N–C) groups is 1. The molecule has 0 fully saturated rings. The second-order valence-electron chi connectivity index (χ2n) is 3.49. The lowest BCUT2D eigenvalue weighted by Gasteiger charge is -2.11. The highest BCUT2D eigenvalue weighted by molar-refractivity contribution is 14.0. The van der Waals surface area contributed by atoms with Crippen molar-refractivity contribution in [3.05, 3.63) is 0 Å². The maximum absolute atomic E-state index is 5.35. The highest BCUT2D eigenvalue weighted by Gasteiger charge is 1.96. The van der Waals surface area contributed by atoms with Crippen LogP contribution in [-0.2, 0) is 14.2 Å². The molecule has 7 heteroatoms. The van der Waals surface area contributed by atoms with Gasteiger partial charge in [0.05, 0.1) is 33.0 Å². The number of nitrogens with one attached hydrogen (secondary N) is 2. The smallest absolute Gasteiger partial charge is 0.191 e. The van der Waals surface area contributed by atoms with Gasteiger partial charge in [-0.2, -0.15) is 0 Å². The zero-order chi connectivity index (χ0) is 13.5. The number of hydrogen-bond acceptors (Lipinski definition) is 4. The first-order valence-electron chi connectivity index (χ1n) is 6.51. The average Bonchev–Trinajstić information content (AvgIpc) is 2.38. The Kier molecular flexibility index (Phi) is 19.9. The van der Waals surface area contributed by atoms with Crippen LogP contribution in [0.15, 0.2) is 4.99 Å². The van der Waals surface area contributed by atoms with Crippen molar-refractivity contribution in [1.82, 2.24) is 10.6 Å². The van der Waals surface area contributed by atoms with Crippen LogP contribution < -0.4 is 10.6 Å². The SMILES string of the molecule is CCNC(=NCCOCC)NCCOCCOC.I. The normalized spacial score (nSPS) is 11.0. The standard InChI is InChI=1S/C12H27N3O3.HI/c1-4-13-12(14-6-8-17-5-2)15-7-9-18-11-10-16-3;/h4-11H2,1-3H3,(H2,13,14,15);1H. The molecule has 0 saturated carbocycles. The van der Waals surface area contributed by atoms with Gasteiger partial charge in [0.1, 0.15) is 0 Å². The average molecular weight is 389 g/mol. The number of rotatable bonds is 11. The van der Waals surface area contributed by atoms with E-state index >= 15 is 0 Å². The second-order valence-corrected chi connectivity index (χ2v) is 3.49. The van der Waals surface area contributed by atoms with E-state index in [1.54, 1.807) is 7.11 Å². The molecule has 0 amide bonds. The van der Waals surface area contributed by atoms with Crippen LogP contribution in [0.1, 0.15) is 13.8 Å². The molecule has 0 atom stereocenters. The maximum Gasteiger partial charge on any atom is 0.191 e. The molecule has 6 nitrogen and oxygen atoms in total. The van der Waals surface area contributed by atoms with Crippen molar-refractivity contribution in [1.29, 1.82) is 0 Å². The summed E-state index contributed by atoms with van der Waals surface area (Å²) in [5.74, 6) is 0.799. The molecule has 0 bridgehead atoms. The molecule has 0 radical (unpaired) electrons. The van der Waals surface area contributed by atoms with Crippen LogP contribution in [0.3, 0.4) is 0 Å². The van der Waals surface area contributed by atoms with Gasteiger partial charge in [-0.15, -0.1) is 24.0 Å². The summed E-state index contributed by atoms with van der Waals surface area (Å²) in [5.41, 5.74) is 0. The first kappa shape index (κ1) is 21.2. The Morgan fingerprint density at radius 1 is 1.00 bits per heavy atom. The molecular formula is C12H28IN3O3. The number of guanidine groups is 1.